The molecule has 3 N–H and O–H groups in total. The zero-order valence-corrected chi connectivity index (χ0v) is 9.62. The molecular weight excluding hydrogens is 288 g/mol. The van der Waals surface area contributed by atoms with E-state index in [1.165, 1.54) is 0 Å². The fourth-order valence-corrected chi connectivity index (χ4v) is 1.14. The highest BCUT2D eigenvalue weighted by Crippen LogP contribution is 2.32. The smallest absolute Gasteiger partial charge is 0.419 e. The molecule has 6 nitrogen and oxygen atoms in total. The van der Waals surface area contributed by atoms with Crippen molar-refractivity contribution in [2.45, 2.75) is 6.18 Å². The number of halogens is 4. The molecule has 0 atom stereocenters. The van der Waals surface area contributed by atoms with Crippen LogP contribution in [-0.2, 0) is 15.8 Å². The van der Waals surface area contributed by atoms with Crippen LogP contribution in [-0.4, -0.2) is 23.7 Å². The molecule has 0 bridgehead atoms. The first kappa shape index (κ1) is 15.7. The van der Waals surface area contributed by atoms with Gasteiger partial charge in [0.15, 0.2) is 6.61 Å². The van der Waals surface area contributed by atoms with Gasteiger partial charge in [-0.1, -0.05) is 0 Å². The largest absolute Gasteiger partial charge is 0.479 e. The number of hydrogen-bond donors (Lipinski definition) is 3. The number of hydroxylamine groups is 1. The Hall–Kier alpha value is -2.36. The quantitative estimate of drug-likeness (QED) is 0.585. The molecule has 0 fully saturated rings. The maximum atomic E-state index is 13.0. The molecule has 110 valence electrons. The van der Waals surface area contributed by atoms with Gasteiger partial charge in [-0.2, -0.15) is 13.2 Å². The van der Waals surface area contributed by atoms with Crippen molar-refractivity contribution in [2.75, 3.05) is 11.9 Å². The number of aliphatic carboxylic acids is 1. The number of hydrogen-bond acceptors (Lipinski definition) is 3. The number of carboxylic acid groups (broad SMARTS) is 1. The van der Waals surface area contributed by atoms with Crippen LogP contribution in [0.5, 0.6) is 0 Å². The van der Waals surface area contributed by atoms with Gasteiger partial charge >= 0.3 is 18.2 Å². The molecule has 10 heteroatoms. The number of amides is 2. The van der Waals surface area contributed by atoms with Gasteiger partial charge in [0.05, 0.1) is 5.56 Å². The van der Waals surface area contributed by atoms with E-state index in [9.17, 15) is 27.2 Å². The molecule has 2 amide bonds. The van der Waals surface area contributed by atoms with E-state index in [1.807, 2.05) is 5.32 Å². The summed E-state index contributed by atoms with van der Waals surface area (Å²) in [4.78, 5) is 25.4. The summed E-state index contributed by atoms with van der Waals surface area (Å²) < 4.78 is 50.2. The first-order chi connectivity index (χ1) is 9.20. The summed E-state index contributed by atoms with van der Waals surface area (Å²) in [5, 5.41) is 10.1. The predicted molar refractivity (Wildman–Crippen MR) is 57.1 cm³/mol. The van der Waals surface area contributed by atoms with Crippen LogP contribution in [0.2, 0.25) is 0 Å². The van der Waals surface area contributed by atoms with Gasteiger partial charge in [0.1, 0.15) is 5.82 Å². The van der Waals surface area contributed by atoms with Crippen molar-refractivity contribution in [2.24, 2.45) is 0 Å². The summed E-state index contributed by atoms with van der Waals surface area (Å²) in [5.41, 5.74) is -0.248. The summed E-state index contributed by atoms with van der Waals surface area (Å²) in [6, 6.07) is 0.732. The molecule has 0 unspecified atom stereocenters. The Bertz CT molecular complexity index is 518. The first-order valence-corrected chi connectivity index (χ1v) is 4.97. The zero-order chi connectivity index (χ0) is 15.3. The summed E-state index contributed by atoms with van der Waals surface area (Å²) in [7, 11) is 0. The third-order valence-electron chi connectivity index (χ3n) is 1.89. The zero-order valence-electron chi connectivity index (χ0n) is 9.62. The van der Waals surface area contributed by atoms with E-state index < -0.39 is 36.2 Å². The molecule has 0 radical (unpaired) electrons. The molecule has 20 heavy (non-hydrogen) atoms. The molecule has 0 saturated heterocycles. The van der Waals surface area contributed by atoms with Crippen LogP contribution in [0.3, 0.4) is 0 Å². The van der Waals surface area contributed by atoms with Gasteiger partial charge in [-0.3, -0.25) is 4.84 Å². The molecule has 0 aliphatic carbocycles. The van der Waals surface area contributed by atoms with E-state index in [-0.39, 0.29) is 5.69 Å². The van der Waals surface area contributed by atoms with Crippen molar-refractivity contribution in [3.8, 4) is 0 Å². The normalized spacial score (nSPS) is 11.0. The SMILES string of the molecule is O=C(O)CONC(=O)Nc1ccc(F)c(C(F)(F)F)c1. The maximum absolute atomic E-state index is 13.0. The minimum absolute atomic E-state index is 0.338. The molecule has 0 heterocycles. The number of alkyl halides is 3. The Kier molecular flexibility index (Phi) is 4.86. The fourth-order valence-electron chi connectivity index (χ4n) is 1.14. The van der Waals surface area contributed by atoms with Crippen LogP contribution in [0.4, 0.5) is 28.0 Å². The van der Waals surface area contributed by atoms with Gasteiger partial charge in [-0.25, -0.2) is 19.5 Å². The van der Waals surface area contributed by atoms with Gasteiger partial charge in [0, 0.05) is 5.69 Å². The Balaban J connectivity index is 2.69. The van der Waals surface area contributed by atoms with Gasteiger partial charge < -0.3 is 10.4 Å². The van der Waals surface area contributed by atoms with Gasteiger partial charge in [-0.15, -0.1) is 0 Å². The topological polar surface area (TPSA) is 87.7 Å². The predicted octanol–water partition coefficient (Wildman–Crippen LogP) is 1.98. The number of nitrogens with one attached hydrogen (secondary N) is 2. The molecule has 0 spiro atoms. The highest BCUT2D eigenvalue weighted by molar-refractivity contribution is 5.88. The maximum Gasteiger partial charge on any atom is 0.419 e. The third kappa shape index (κ3) is 4.72. The Morgan fingerprint density at radius 3 is 2.50 bits per heavy atom. The Morgan fingerprint density at radius 1 is 1.30 bits per heavy atom. The lowest BCUT2D eigenvalue weighted by molar-refractivity contribution is -0.144. The average molecular weight is 296 g/mol. The Labute approximate surface area is 109 Å². The summed E-state index contributed by atoms with van der Waals surface area (Å²) in [6.07, 6.45) is -4.90. The van der Waals surface area contributed by atoms with E-state index in [1.54, 1.807) is 5.48 Å². The number of carboxylic acids is 1. The molecule has 1 rings (SSSR count). The first-order valence-electron chi connectivity index (χ1n) is 4.97. The lowest BCUT2D eigenvalue weighted by Crippen LogP contribution is -2.31. The van der Waals surface area contributed by atoms with Crippen LogP contribution in [0.25, 0.3) is 0 Å². The van der Waals surface area contributed by atoms with E-state index in [4.69, 9.17) is 5.11 Å². The molecule has 0 aliphatic heterocycles. The summed E-state index contributed by atoms with van der Waals surface area (Å²) >= 11 is 0. The average Bonchev–Trinajstić information content (AvgIpc) is 2.29. The molecule has 0 saturated carbocycles. The minimum Gasteiger partial charge on any atom is -0.479 e. The van der Waals surface area contributed by atoms with Crippen LogP contribution in [0.15, 0.2) is 18.2 Å². The Morgan fingerprint density at radius 2 is 1.95 bits per heavy atom. The van der Waals surface area contributed by atoms with Crippen molar-refractivity contribution in [3.05, 3.63) is 29.6 Å². The van der Waals surface area contributed by atoms with Crippen LogP contribution in [0.1, 0.15) is 5.56 Å². The molecular formula is C10H8F4N2O4. The number of carbonyl (C=O) groups excluding carboxylic acids is 1. The molecule has 1 aromatic carbocycles. The monoisotopic (exact) mass is 296 g/mol. The molecule has 1 aromatic rings. The van der Waals surface area contributed by atoms with E-state index >= 15 is 0 Å². The van der Waals surface area contributed by atoms with Crippen LogP contribution >= 0.6 is 0 Å². The second kappa shape index (κ2) is 6.19. The number of rotatable bonds is 4. The van der Waals surface area contributed by atoms with Crippen molar-refractivity contribution < 1.29 is 37.1 Å². The molecule has 0 aliphatic rings. The lowest BCUT2D eigenvalue weighted by Gasteiger charge is -2.11. The highest BCUT2D eigenvalue weighted by Gasteiger charge is 2.34. The highest BCUT2D eigenvalue weighted by atomic mass is 19.4. The van der Waals surface area contributed by atoms with E-state index in [0.717, 1.165) is 6.07 Å². The number of carbonyl (C=O) groups is 2. The number of benzene rings is 1. The van der Waals surface area contributed by atoms with Crippen LogP contribution < -0.4 is 10.8 Å². The number of urea groups is 1. The van der Waals surface area contributed by atoms with Crippen molar-refractivity contribution >= 4 is 17.7 Å². The van der Waals surface area contributed by atoms with Gasteiger partial charge in [-0.05, 0) is 18.2 Å². The third-order valence-corrected chi connectivity index (χ3v) is 1.89. The van der Waals surface area contributed by atoms with Crippen molar-refractivity contribution in [3.63, 3.8) is 0 Å². The minimum atomic E-state index is -4.90. The standard InChI is InChI=1S/C10H8F4N2O4/c11-7-2-1-5(3-6(7)10(12,13)14)15-9(19)16-20-4-8(17)18/h1-3H,4H2,(H,17,18)(H2,15,16,19). The lowest BCUT2D eigenvalue weighted by atomic mass is 10.2. The summed E-state index contributed by atoms with van der Waals surface area (Å²) in [5.74, 6) is -2.84. The van der Waals surface area contributed by atoms with E-state index in [2.05, 4.69) is 4.84 Å². The van der Waals surface area contributed by atoms with Crippen molar-refractivity contribution in [1.82, 2.24) is 5.48 Å². The number of anilines is 1. The van der Waals surface area contributed by atoms with Gasteiger partial charge in [0.25, 0.3) is 0 Å². The second-order valence-electron chi connectivity index (χ2n) is 3.43. The van der Waals surface area contributed by atoms with E-state index in [0.29, 0.717) is 12.1 Å². The fraction of sp³-hybridized carbons (Fsp3) is 0.200. The summed E-state index contributed by atoms with van der Waals surface area (Å²) in [6.45, 7) is -0.829. The molecule has 0 aromatic heterocycles. The second-order valence-corrected chi connectivity index (χ2v) is 3.43. The van der Waals surface area contributed by atoms with Crippen LogP contribution in [0, 0.1) is 5.82 Å². The van der Waals surface area contributed by atoms with Crippen molar-refractivity contribution in [1.29, 1.82) is 0 Å². The van der Waals surface area contributed by atoms with Gasteiger partial charge in [0.2, 0.25) is 0 Å².